The number of fused-ring (bicyclic) bond motifs is 1. The van der Waals surface area contributed by atoms with E-state index in [0.29, 0.717) is 0 Å². The smallest absolute Gasteiger partial charge is 0.113 e. The average molecular weight is 463 g/mol. The van der Waals surface area contributed by atoms with E-state index in [1.807, 2.05) is 18.3 Å². The fourth-order valence-electron chi connectivity index (χ4n) is 5.22. The zero-order valence-electron chi connectivity index (χ0n) is 21.2. The molecule has 0 N–H and O–H groups in total. The molecule has 0 atom stereocenters. The van der Waals surface area contributed by atoms with Crippen molar-refractivity contribution in [2.75, 3.05) is 44.2 Å². The topological polar surface area (TPSA) is 22.6 Å². The molecule has 0 unspecified atom stereocenters. The molecule has 1 saturated heterocycles. The van der Waals surface area contributed by atoms with Crippen molar-refractivity contribution >= 4 is 35.5 Å². The van der Waals surface area contributed by atoms with Crippen LogP contribution in [0.15, 0.2) is 54.7 Å². The summed E-state index contributed by atoms with van der Waals surface area (Å²) in [6, 6.07) is 15.1. The van der Waals surface area contributed by atoms with E-state index in [2.05, 4.69) is 71.4 Å². The molecule has 0 spiro atoms. The maximum atomic E-state index is 5.88. The second-order valence-corrected chi connectivity index (χ2v) is 9.84. The number of pyridine rings is 1. The largest absolute Gasteiger partial charge is 0.369 e. The van der Waals surface area contributed by atoms with Crippen LogP contribution < -0.4 is 10.4 Å². The van der Waals surface area contributed by atoms with Crippen LogP contribution in [0.5, 0.6) is 0 Å². The number of benzene rings is 2. The average Bonchev–Trinajstić information content (AvgIpc) is 3.73. The van der Waals surface area contributed by atoms with Gasteiger partial charge in [0.15, 0.2) is 0 Å². The molecule has 2 aliphatic rings. The monoisotopic (exact) mass is 463 g/mol. The van der Waals surface area contributed by atoms with E-state index in [-0.39, 0.29) is 0 Å². The lowest BCUT2D eigenvalue weighted by atomic mass is 9.95. The Labute approximate surface area is 212 Å². The van der Waals surface area contributed by atoms with E-state index in [4.69, 9.17) is 12.8 Å². The molecule has 2 heterocycles. The molecule has 2 aromatic carbocycles. The van der Waals surface area contributed by atoms with E-state index < -0.39 is 0 Å². The van der Waals surface area contributed by atoms with Crippen molar-refractivity contribution in [1.29, 1.82) is 0 Å². The van der Waals surface area contributed by atoms with Crippen LogP contribution in [0.2, 0.25) is 0 Å². The lowest BCUT2D eigenvalue weighted by Gasteiger charge is -2.36. The van der Waals surface area contributed by atoms with Crippen LogP contribution in [0.25, 0.3) is 16.5 Å². The predicted molar refractivity (Wildman–Crippen MR) is 149 cm³/mol. The quantitative estimate of drug-likeness (QED) is 0.411. The number of nitrogens with zero attached hydrogens (tertiary/aromatic N) is 4. The fraction of sp³-hybridized carbons (Fsp3) is 0.400. The van der Waals surface area contributed by atoms with Crippen LogP contribution in [-0.4, -0.2) is 61.9 Å². The molecular weight excluding hydrogens is 427 g/mol. The normalized spacial score (nSPS) is 16.2. The van der Waals surface area contributed by atoms with Gasteiger partial charge in [0.25, 0.3) is 0 Å². The van der Waals surface area contributed by atoms with Gasteiger partial charge in [-0.15, -0.1) is 0 Å². The first-order valence-corrected chi connectivity index (χ1v) is 13.2. The van der Waals surface area contributed by atoms with Crippen LogP contribution in [0.4, 0.5) is 5.69 Å². The third-order valence-corrected chi connectivity index (χ3v) is 7.38. The third-order valence-electron chi connectivity index (χ3n) is 7.38. The van der Waals surface area contributed by atoms with Gasteiger partial charge in [-0.2, -0.15) is 0 Å². The second-order valence-electron chi connectivity index (χ2n) is 9.84. The minimum Gasteiger partial charge on any atom is -0.369 e. The zero-order valence-corrected chi connectivity index (χ0v) is 21.2. The summed E-state index contributed by atoms with van der Waals surface area (Å²) < 4.78 is 0. The van der Waals surface area contributed by atoms with Gasteiger partial charge in [-0.1, -0.05) is 56.1 Å². The molecule has 0 bridgehead atoms. The van der Waals surface area contributed by atoms with E-state index >= 15 is 0 Å². The van der Waals surface area contributed by atoms with Gasteiger partial charge in [0.1, 0.15) is 7.85 Å². The molecule has 35 heavy (non-hydrogen) atoms. The number of anilines is 1. The molecule has 0 amide bonds. The van der Waals surface area contributed by atoms with Gasteiger partial charge in [-0.3, -0.25) is 14.8 Å². The van der Waals surface area contributed by atoms with Crippen molar-refractivity contribution in [3.8, 4) is 0 Å². The lowest BCUT2D eigenvalue weighted by Crippen LogP contribution is -2.46. The summed E-state index contributed by atoms with van der Waals surface area (Å²) in [6.07, 6.45) is 8.88. The highest BCUT2D eigenvalue weighted by atomic mass is 15.3. The van der Waals surface area contributed by atoms with Crippen LogP contribution in [0.3, 0.4) is 0 Å². The summed E-state index contributed by atoms with van der Waals surface area (Å²) in [5.74, 6) is 0. The maximum Gasteiger partial charge on any atom is 0.113 e. The Morgan fingerprint density at radius 3 is 2.46 bits per heavy atom. The van der Waals surface area contributed by atoms with Crippen LogP contribution >= 0.6 is 0 Å². The molecular formula is C30H36BN4. The standard InChI is InChI=1S/C30H36BN4/c1-3-5-15-33(4-2)22-25-20-24(28-7-6-14-32-30(28)29(25)23-8-9-23)21-34-16-18-35(19-17-34)27-12-10-26(31)11-13-27/h6-14,20H,3-5,15-19,21-22H2,1-2H3. The highest BCUT2D eigenvalue weighted by Crippen LogP contribution is 2.38. The molecule has 5 rings (SSSR count). The molecule has 1 aliphatic heterocycles. The predicted octanol–water partition coefficient (Wildman–Crippen LogP) is 4.57. The highest BCUT2D eigenvalue weighted by Gasteiger charge is 2.24. The molecule has 1 fully saturated rings. The highest BCUT2D eigenvalue weighted by molar-refractivity contribution is 6.32. The SMILES string of the molecule is [B]c1ccc(N2CCN(Cc3cc(CN(CC)CCCC)c(C4=C[CH]4)c4ncccc34)CC2)cc1. The minimum atomic E-state index is 0.822. The number of rotatable bonds is 10. The van der Waals surface area contributed by atoms with E-state index in [0.717, 1.165) is 63.3 Å². The van der Waals surface area contributed by atoms with E-state index in [1.165, 1.54) is 46.2 Å². The van der Waals surface area contributed by atoms with Crippen molar-refractivity contribution in [3.63, 3.8) is 0 Å². The summed E-state index contributed by atoms with van der Waals surface area (Å²) in [4.78, 5) is 12.5. The van der Waals surface area contributed by atoms with E-state index in [9.17, 15) is 0 Å². The van der Waals surface area contributed by atoms with Crippen molar-refractivity contribution in [1.82, 2.24) is 14.8 Å². The van der Waals surface area contributed by atoms with Gasteiger partial charge in [-0.05, 0) is 54.4 Å². The van der Waals surface area contributed by atoms with Crippen LogP contribution in [0.1, 0.15) is 43.4 Å². The molecule has 4 nitrogen and oxygen atoms in total. The number of piperazine rings is 1. The first kappa shape index (κ1) is 24.1. The van der Waals surface area contributed by atoms with Gasteiger partial charge in [0.05, 0.1) is 5.52 Å². The molecule has 1 aliphatic carbocycles. The number of aromatic nitrogens is 1. The number of hydrogen-bond donors (Lipinski definition) is 0. The van der Waals surface area contributed by atoms with E-state index in [1.54, 1.807) is 0 Å². The fourth-order valence-corrected chi connectivity index (χ4v) is 5.22. The number of hydrogen-bond acceptors (Lipinski definition) is 4. The zero-order chi connectivity index (χ0) is 24.2. The Morgan fingerprint density at radius 2 is 1.77 bits per heavy atom. The summed E-state index contributed by atoms with van der Waals surface area (Å²) in [7, 11) is 5.88. The Hall–Kier alpha value is -2.63. The second kappa shape index (κ2) is 11.0. The number of allylic oxidation sites excluding steroid dienone is 2. The van der Waals surface area contributed by atoms with Crippen molar-refractivity contribution in [2.24, 2.45) is 0 Å². The summed E-state index contributed by atoms with van der Waals surface area (Å²) in [5, 5.41) is 1.30. The molecule has 1 aromatic heterocycles. The maximum absolute atomic E-state index is 5.88. The molecule has 3 radical (unpaired) electrons. The van der Waals surface area contributed by atoms with Gasteiger partial charge >= 0.3 is 0 Å². The Bertz CT molecular complexity index is 1180. The molecule has 5 heteroatoms. The van der Waals surface area contributed by atoms with Crippen LogP contribution in [0, 0.1) is 6.42 Å². The minimum absolute atomic E-state index is 0.822. The summed E-state index contributed by atoms with van der Waals surface area (Å²) >= 11 is 0. The molecule has 179 valence electrons. The summed E-state index contributed by atoms with van der Waals surface area (Å²) in [5.41, 5.74) is 8.76. The Balaban J connectivity index is 1.38. The Kier molecular flexibility index (Phi) is 7.55. The van der Waals surface area contributed by atoms with Gasteiger partial charge in [0, 0.05) is 68.5 Å². The van der Waals surface area contributed by atoms with Gasteiger partial charge < -0.3 is 4.90 Å². The van der Waals surface area contributed by atoms with Crippen molar-refractivity contribution in [2.45, 2.75) is 39.8 Å². The Morgan fingerprint density at radius 1 is 1.00 bits per heavy atom. The molecule has 3 aromatic rings. The third kappa shape index (κ3) is 5.63. The van der Waals surface area contributed by atoms with Crippen molar-refractivity contribution < 1.29 is 0 Å². The van der Waals surface area contributed by atoms with Crippen LogP contribution in [-0.2, 0) is 13.1 Å². The van der Waals surface area contributed by atoms with Crippen molar-refractivity contribution in [3.05, 3.63) is 77.8 Å². The lowest BCUT2D eigenvalue weighted by molar-refractivity contribution is 0.250. The summed E-state index contributed by atoms with van der Waals surface area (Å²) in [6.45, 7) is 12.9. The first-order valence-electron chi connectivity index (χ1n) is 13.2. The number of unbranched alkanes of at least 4 members (excludes halogenated alkanes) is 1. The first-order chi connectivity index (χ1) is 17.2. The van der Waals surface area contributed by atoms with Gasteiger partial charge in [0.2, 0.25) is 0 Å². The molecule has 0 saturated carbocycles. The van der Waals surface area contributed by atoms with Gasteiger partial charge in [-0.25, -0.2) is 0 Å².